The number of rotatable bonds is 8. The third-order valence-electron chi connectivity index (χ3n) is 7.25. The van der Waals surface area contributed by atoms with Gasteiger partial charge in [-0.1, -0.05) is 24.3 Å². The molecule has 0 saturated carbocycles. The monoisotopic (exact) mass is 598 g/mol. The molecule has 3 aromatic rings. The number of carbonyl (C=O) groups excluding carboxylic acids is 2. The number of alkyl halides is 3. The maximum Gasteiger partial charge on any atom is 0.416 e. The number of aryl methyl sites for hydroxylation is 3. The molecule has 1 aliphatic rings. The van der Waals surface area contributed by atoms with Crippen molar-refractivity contribution in [2.24, 2.45) is 7.05 Å². The molecule has 0 aliphatic carbocycles. The van der Waals surface area contributed by atoms with Crippen LogP contribution in [0.4, 0.5) is 18.9 Å². The molecule has 43 heavy (non-hydrogen) atoms. The highest BCUT2D eigenvalue weighted by Gasteiger charge is 2.34. The Balaban J connectivity index is 1.58. The molecule has 2 aromatic carbocycles. The number of benzene rings is 2. The molecule has 1 fully saturated rings. The van der Waals surface area contributed by atoms with E-state index in [2.05, 4.69) is 0 Å². The second-order valence-electron chi connectivity index (χ2n) is 11.8. The Morgan fingerprint density at radius 3 is 2.35 bits per heavy atom. The number of aromatic nitrogens is 1. The van der Waals surface area contributed by atoms with Crippen molar-refractivity contribution in [2.45, 2.75) is 58.7 Å². The van der Waals surface area contributed by atoms with Crippen LogP contribution in [0.15, 0.2) is 53.5 Å². The van der Waals surface area contributed by atoms with Gasteiger partial charge in [-0.15, -0.1) is 0 Å². The van der Waals surface area contributed by atoms with Gasteiger partial charge in [-0.05, 0) is 74.6 Å². The normalized spacial score (nSPS) is 14.1. The number of hydrogen-bond donors (Lipinski definition) is 0. The molecule has 0 N–H and O–H groups in total. The van der Waals surface area contributed by atoms with E-state index in [1.54, 1.807) is 52.2 Å². The topological polar surface area (TPSA) is 77.8 Å². The number of hydrogen-bond acceptors (Lipinski definition) is 6. The molecule has 0 amide bonds. The lowest BCUT2D eigenvalue weighted by atomic mass is 9.93. The van der Waals surface area contributed by atoms with Crippen LogP contribution >= 0.6 is 0 Å². The van der Waals surface area contributed by atoms with Crippen LogP contribution < -0.4 is 10.5 Å². The Kier molecular flexibility index (Phi) is 9.49. The molecule has 1 saturated heterocycles. The van der Waals surface area contributed by atoms with Gasteiger partial charge in [-0.2, -0.15) is 13.2 Å². The summed E-state index contributed by atoms with van der Waals surface area (Å²) in [5.41, 5.74) is 1.75. The van der Waals surface area contributed by atoms with Crippen LogP contribution in [0.1, 0.15) is 59.8 Å². The number of ether oxygens (including phenoxy) is 2. The quantitative estimate of drug-likeness (QED) is 0.237. The average Bonchev–Trinajstić information content (AvgIpc) is 2.93. The first-order valence-corrected chi connectivity index (χ1v) is 14.2. The van der Waals surface area contributed by atoms with Crippen LogP contribution in [-0.4, -0.2) is 48.2 Å². The second kappa shape index (κ2) is 12.8. The minimum absolute atomic E-state index is 0.0297. The molecule has 4 rings (SSSR count). The Hall–Kier alpha value is -3.92. The van der Waals surface area contributed by atoms with Gasteiger partial charge < -0.3 is 18.9 Å². The lowest BCUT2D eigenvalue weighted by Gasteiger charge is -2.29. The van der Waals surface area contributed by atoms with Crippen molar-refractivity contribution in [3.63, 3.8) is 0 Å². The largest absolute Gasteiger partial charge is 0.460 e. The van der Waals surface area contributed by atoms with Gasteiger partial charge in [0.2, 0.25) is 0 Å². The van der Waals surface area contributed by atoms with Crippen molar-refractivity contribution < 1.29 is 32.2 Å². The summed E-state index contributed by atoms with van der Waals surface area (Å²) in [7, 11) is 1.68. The Labute approximate surface area is 249 Å². The summed E-state index contributed by atoms with van der Waals surface area (Å²) >= 11 is 0. The Morgan fingerprint density at radius 1 is 1.00 bits per heavy atom. The average molecular weight is 599 g/mol. The lowest BCUT2D eigenvalue weighted by molar-refractivity contribution is -0.155. The molecule has 10 heteroatoms. The zero-order chi connectivity index (χ0) is 31.5. The van der Waals surface area contributed by atoms with Crippen molar-refractivity contribution in [1.82, 2.24) is 4.57 Å². The summed E-state index contributed by atoms with van der Waals surface area (Å²) in [6.45, 7) is 9.22. The molecule has 1 aliphatic heterocycles. The van der Waals surface area contributed by atoms with Crippen LogP contribution in [0, 0.1) is 6.92 Å². The van der Waals surface area contributed by atoms with Crippen molar-refractivity contribution >= 4 is 17.4 Å². The number of carbonyl (C=O) groups is 2. The van der Waals surface area contributed by atoms with Crippen LogP contribution in [0.3, 0.4) is 0 Å². The first-order valence-electron chi connectivity index (χ1n) is 14.2. The van der Waals surface area contributed by atoms with E-state index < -0.39 is 23.3 Å². The van der Waals surface area contributed by atoms with Gasteiger partial charge in [0.1, 0.15) is 11.3 Å². The highest BCUT2D eigenvalue weighted by molar-refractivity contribution is 5.99. The Morgan fingerprint density at radius 2 is 1.70 bits per heavy atom. The molecule has 7 nitrogen and oxygen atoms in total. The highest BCUT2D eigenvalue weighted by Crippen LogP contribution is 2.34. The zero-order valence-corrected chi connectivity index (χ0v) is 25.1. The van der Waals surface area contributed by atoms with Crippen LogP contribution in [-0.2, 0) is 40.3 Å². The number of pyridine rings is 1. The highest BCUT2D eigenvalue weighted by atomic mass is 19.4. The summed E-state index contributed by atoms with van der Waals surface area (Å²) < 4.78 is 54.0. The van der Waals surface area contributed by atoms with Gasteiger partial charge in [-0.3, -0.25) is 14.4 Å². The molecule has 0 unspecified atom stereocenters. The van der Waals surface area contributed by atoms with E-state index in [0.29, 0.717) is 37.6 Å². The van der Waals surface area contributed by atoms with E-state index in [9.17, 15) is 27.6 Å². The molecular formula is C33H37F3N2O5. The van der Waals surface area contributed by atoms with Gasteiger partial charge in [0.05, 0.1) is 18.8 Å². The fraction of sp³-hybridized carbons (Fsp3) is 0.424. The van der Waals surface area contributed by atoms with Crippen molar-refractivity contribution in [2.75, 3.05) is 31.2 Å². The van der Waals surface area contributed by atoms with Crippen LogP contribution in [0.2, 0.25) is 0 Å². The van der Waals surface area contributed by atoms with E-state index in [4.69, 9.17) is 9.47 Å². The second-order valence-corrected chi connectivity index (χ2v) is 11.8. The fourth-order valence-corrected chi connectivity index (χ4v) is 5.11. The van der Waals surface area contributed by atoms with E-state index >= 15 is 0 Å². The molecule has 0 spiro atoms. The Bertz CT molecular complexity index is 1560. The molecule has 2 heterocycles. The van der Waals surface area contributed by atoms with Crippen molar-refractivity contribution in [3.05, 3.63) is 86.8 Å². The van der Waals surface area contributed by atoms with E-state index in [1.165, 1.54) is 16.7 Å². The van der Waals surface area contributed by atoms with Gasteiger partial charge in [0.15, 0.2) is 5.78 Å². The molecule has 0 bridgehead atoms. The van der Waals surface area contributed by atoms with Crippen molar-refractivity contribution in [1.29, 1.82) is 0 Å². The number of esters is 1. The number of Topliss-reactive ketones (excluding diaryl/α,β-unsaturated/α-hetero) is 1. The minimum Gasteiger partial charge on any atom is -0.460 e. The summed E-state index contributed by atoms with van der Waals surface area (Å²) in [5, 5.41) is 0. The standard InChI is InChI=1S/C33H37F3N2O5/c1-21-6-8-24(18-26(21)25-19-28(31(41)37(5)20-25)38-12-14-42-15-13-38)29(39)17-22-7-9-23(27(16-22)33(34,35)36)10-11-30(40)43-32(2,3)4/h6-9,16,18-20H,10-15,17H2,1-5H3. The number of halogens is 3. The number of morpholine rings is 1. The van der Waals surface area contributed by atoms with E-state index in [0.717, 1.165) is 22.8 Å². The lowest BCUT2D eigenvalue weighted by Crippen LogP contribution is -2.40. The van der Waals surface area contributed by atoms with E-state index in [1.807, 2.05) is 17.9 Å². The summed E-state index contributed by atoms with van der Waals surface area (Å²) in [4.78, 5) is 40.3. The maximum absolute atomic E-state index is 14.0. The summed E-state index contributed by atoms with van der Waals surface area (Å²) in [5.74, 6) is -0.917. The molecule has 0 radical (unpaired) electrons. The number of ketones is 1. The molecule has 1 aromatic heterocycles. The molecular weight excluding hydrogens is 561 g/mol. The summed E-state index contributed by atoms with van der Waals surface area (Å²) in [6, 6.07) is 10.8. The zero-order valence-electron chi connectivity index (χ0n) is 25.1. The third-order valence-corrected chi connectivity index (χ3v) is 7.25. The van der Waals surface area contributed by atoms with Gasteiger partial charge >= 0.3 is 12.1 Å². The first-order chi connectivity index (χ1) is 20.1. The minimum atomic E-state index is -4.65. The molecule has 230 valence electrons. The van der Waals surface area contributed by atoms with Gasteiger partial charge in [0, 0.05) is 50.3 Å². The predicted molar refractivity (Wildman–Crippen MR) is 159 cm³/mol. The number of nitrogens with zero attached hydrogens (tertiary/aromatic N) is 2. The van der Waals surface area contributed by atoms with Gasteiger partial charge in [-0.25, -0.2) is 0 Å². The maximum atomic E-state index is 14.0. The summed E-state index contributed by atoms with van der Waals surface area (Å²) in [6.07, 6.45) is -3.49. The predicted octanol–water partition coefficient (Wildman–Crippen LogP) is 5.92. The fourth-order valence-electron chi connectivity index (χ4n) is 5.11. The van der Waals surface area contributed by atoms with E-state index in [-0.39, 0.29) is 41.7 Å². The SMILES string of the molecule is Cc1ccc(C(=O)Cc2ccc(CCC(=O)OC(C)(C)C)c(C(F)(F)F)c2)cc1-c1cc(N2CCOCC2)c(=O)n(C)c1. The van der Waals surface area contributed by atoms with Crippen molar-refractivity contribution in [3.8, 4) is 11.1 Å². The smallest absolute Gasteiger partial charge is 0.416 e. The molecule has 0 atom stereocenters. The number of anilines is 1. The van der Waals surface area contributed by atoms with Gasteiger partial charge in [0.25, 0.3) is 5.56 Å². The van der Waals surface area contributed by atoms with Crippen LogP contribution in [0.25, 0.3) is 11.1 Å². The van der Waals surface area contributed by atoms with Crippen LogP contribution in [0.5, 0.6) is 0 Å². The third kappa shape index (κ3) is 8.13. The first kappa shape index (κ1) is 32.0.